The van der Waals surface area contributed by atoms with Gasteiger partial charge in [0.2, 0.25) is 0 Å². The molecular formula is C13H13ClN2. The normalized spacial score (nSPS) is 10.5. The lowest BCUT2D eigenvalue weighted by atomic mass is 10.0. The van der Waals surface area contributed by atoms with Crippen LogP contribution >= 0.6 is 11.6 Å². The zero-order valence-electron chi connectivity index (χ0n) is 9.58. The van der Waals surface area contributed by atoms with E-state index >= 15 is 0 Å². The molecule has 2 nitrogen and oxygen atoms in total. The van der Waals surface area contributed by atoms with Crippen LogP contribution in [0.25, 0.3) is 11.3 Å². The number of aromatic nitrogens is 2. The Balaban J connectivity index is 2.57. The summed E-state index contributed by atoms with van der Waals surface area (Å²) in [6.07, 6.45) is 0. The van der Waals surface area contributed by atoms with E-state index in [1.165, 1.54) is 5.56 Å². The predicted octanol–water partition coefficient (Wildman–Crippen LogP) is 3.72. The summed E-state index contributed by atoms with van der Waals surface area (Å²) in [5, 5.41) is 8.59. The molecule has 0 amide bonds. The highest BCUT2D eigenvalue weighted by Crippen LogP contribution is 2.25. The van der Waals surface area contributed by atoms with Crippen LogP contribution in [0, 0.1) is 20.8 Å². The number of rotatable bonds is 1. The van der Waals surface area contributed by atoms with Crippen LogP contribution in [0.5, 0.6) is 0 Å². The summed E-state index contributed by atoms with van der Waals surface area (Å²) in [6.45, 7) is 6.05. The van der Waals surface area contributed by atoms with Crippen LogP contribution in [0.15, 0.2) is 24.3 Å². The molecule has 0 aliphatic heterocycles. The van der Waals surface area contributed by atoms with Gasteiger partial charge in [-0.05, 0) is 31.9 Å². The molecule has 0 aliphatic rings. The van der Waals surface area contributed by atoms with Crippen molar-refractivity contribution in [3.05, 3.63) is 46.1 Å². The van der Waals surface area contributed by atoms with Crippen molar-refractivity contribution in [2.24, 2.45) is 0 Å². The first-order valence-electron chi connectivity index (χ1n) is 5.16. The van der Waals surface area contributed by atoms with Gasteiger partial charge >= 0.3 is 0 Å². The molecule has 0 saturated heterocycles. The number of benzene rings is 1. The zero-order valence-corrected chi connectivity index (χ0v) is 10.3. The molecule has 0 spiro atoms. The maximum atomic E-state index is 5.93. The van der Waals surface area contributed by atoms with E-state index in [4.69, 9.17) is 11.6 Å². The minimum atomic E-state index is 0.480. The van der Waals surface area contributed by atoms with Crippen molar-refractivity contribution in [1.29, 1.82) is 0 Å². The molecule has 16 heavy (non-hydrogen) atoms. The Morgan fingerprint density at radius 3 is 2.12 bits per heavy atom. The first-order chi connectivity index (χ1) is 7.59. The summed E-state index contributed by atoms with van der Waals surface area (Å²) in [7, 11) is 0. The van der Waals surface area contributed by atoms with Gasteiger partial charge in [0.25, 0.3) is 0 Å². The number of aryl methyl sites for hydroxylation is 1. The summed E-state index contributed by atoms with van der Waals surface area (Å²) in [5.74, 6) is 0. The van der Waals surface area contributed by atoms with Gasteiger partial charge in [0.05, 0.1) is 5.69 Å². The highest BCUT2D eigenvalue weighted by molar-refractivity contribution is 6.30. The first kappa shape index (κ1) is 11.1. The third-order valence-electron chi connectivity index (χ3n) is 2.79. The number of hydrogen-bond donors (Lipinski definition) is 0. The van der Waals surface area contributed by atoms with Gasteiger partial charge in [-0.2, -0.15) is 0 Å². The molecule has 1 aromatic carbocycles. The lowest BCUT2D eigenvalue weighted by Gasteiger charge is -2.08. The monoisotopic (exact) mass is 232 g/mol. The van der Waals surface area contributed by atoms with Crippen molar-refractivity contribution < 1.29 is 0 Å². The molecule has 0 unspecified atom stereocenters. The highest BCUT2D eigenvalue weighted by atomic mass is 35.5. The number of nitrogens with zero attached hydrogens (tertiary/aromatic N) is 2. The van der Waals surface area contributed by atoms with Crippen molar-refractivity contribution in [2.75, 3.05) is 0 Å². The largest absolute Gasteiger partial charge is 0.154 e. The third-order valence-corrected chi connectivity index (χ3v) is 3.15. The molecule has 3 heteroatoms. The Hall–Kier alpha value is -1.41. The van der Waals surface area contributed by atoms with Gasteiger partial charge < -0.3 is 0 Å². The first-order valence-corrected chi connectivity index (χ1v) is 5.54. The van der Waals surface area contributed by atoms with Gasteiger partial charge in [-0.3, -0.25) is 0 Å². The molecule has 1 aromatic heterocycles. The van der Waals surface area contributed by atoms with Crippen molar-refractivity contribution in [3.8, 4) is 11.3 Å². The Morgan fingerprint density at radius 1 is 0.875 bits per heavy atom. The molecule has 82 valence electrons. The minimum Gasteiger partial charge on any atom is -0.149 e. The fraction of sp³-hybridized carbons (Fsp3) is 0.231. The molecule has 2 aromatic rings. The van der Waals surface area contributed by atoms with Gasteiger partial charge in [-0.25, -0.2) is 0 Å². The second-order valence-corrected chi connectivity index (χ2v) is 4.31. The van der Waals surface area contributed by atoms with Crippen LogP contribution in [0.3, 0.4) is 0 Å². The Kier molecular flexibility index (Phi) is 2.92. The van der Waals surface area contributed by atoms with Crippen molar-refractivity contribution >= 4 is 11.6 Å². The molecular weight excluding hydrogens is 220 g/mol. The van der Waals surface area contributed by atoms with E-state index in [9.17, 15) is 0 Å². The van der Waals surface area contributed by atoms with E-state index in [1.54, 1.807) is 0 Å². The number of halogens is 1. The van der Waals surface area contributed by atoms with Crippen LogP contribution in [0.4, 0.5) is 0 Å². The number of hydrogen-bond acceptors (Lipinski definition) is 2. The van der Waals surface area contributed by atoms with Crippen LogP contribution in [-0.2, 0) is 0 Å². The molecule has 0 fully saturated rings. The van der Waals surface area contributed by atoms with Crippen LogP contribution in [-0.4, -0.2) is 10.2 Å². The van der Waals surface area contributed by atoms with Crippen molar-refractivity contribution in [3.63, 3.8) is 0 Å². The highest BCUT2D eigenvalue weighted by Gasteiger charge is 2.09. The van der Waals surface area contributed by atoms with Gasteiger partial charge in [-0.15, -0.1) is 10.2 Å². The Labute approximate surface area is 100 Å². The summed E-state index contributed by atoms with van der Waals surface area (Å²) in [6, 6.07) is 8.25. The topological polar surface area (TPSA) is 25.8 Å². The fourth-order valence-corrected chi connectivity index (χ4v) is 1.74. The smallest absolute Gasteiger partial charge is 0.149 e. The van der Waals surface area contributed by atoms with Crippen LogP contribution in [0.2, 0.25) is 5.15 Å². The molecule has 0 atom stereocenters. The van der Waals surface area contributed by atoms with Gasteiger partial charge in [0.1, 0.15) is 0 Å². The van der Waals surface area contributed by atoms with Gasteiger partial charge in [0, 0.05) is 5.56 Å². The van der Waals surface area contributed by atoms with E-state index in [1.807, 2.05) is 13.8 Å². The SMILES string of the molecule is Cc1ccc(-c2nnc(Cl)c(C)c2C)cc1. The molecule has 0 N–H and O–H groups in total. The molecule has 0 aliphatic carbocycles. The standard InChI is InChI=1S/C13H13ClN2/c1-8-4-6-11(7-5-8)12-9(2)10(3)13(14)16-15-12/h4-7H,1-3H3. The molecule has 2 rings (SSSR count). The molecule has 0 radical (unpaired) electrons. The van der Waals surface area contributed by atoms with E-state index in [2.05, 4.69) is 41.4 Å². The molecule has 1 heterocycles. The average Bonchev–Trinajstić information content (AvgIpc) is 2.28. The quantitative estimate of drug-likeness (QED) is 0.749. The predicted molar refractivity (Wildman–Crippen MR) is 66.7 cm³/mol. The van der Waals surface area contributed by atoms with E-state index in [0.29, 0.717) is 5.15 Å². The second-order valence-electron chi connectivity index (χ2n) is 3.96. The second kappa shape index (κ2) is 4.22. The summed E-state index contributed by atoms with van der Waals surface area (Å²) < 4.78 is 0. The maximum absolute atomic E-state index is 5.93. The minimum absolute atomic E-state index is 0.480. The molecule has 0 saturated carbocycles. The van der Waals surface area contributed by atoms with Gasteiger partial charge in [-0.1, -0.05) is 41.4 Å². The lowest BCUT2D eigenvalue weighted by molar-refractivity contribution is 1.00. The van der Waals surface area contributed by atoms with Crippen LogP contribution < -0.4 is 0 Å². The van der Waals surface area contributed by atoms with Crippen molar-refractivity contribution in [1.82, 2.24) is 10.2 Å². The summed E-state index contributed by atoms with van der Waals surface area (Å²) >= 11 is 5.93. The Morgan fingerprint density at radius 2 is 1.50 bits per heavy atom. The molecule has 0 bridgehead atoms. The van der Waals surface area contributed by atoms with Crippen molar-refractivity contribution in [2.45, 2.75) is 20.8 Å². The maximum Gasteiger partial charge on any atom is 0.154 e. The zero-order chi connectivity index (χ0) is 11.7. The Bertz CT molecular complexity index is 518. The average molecular weight is 233 g/mol. The van der Waals surface area contributed by atoms with E-state index in [0.717, 1.165) is 22.4 Å². The summed E-state index contributed by atoms with van der Waals surface area (Å²) in [5.41, 5.74) is 5.30. The third kappa shape index (κ3) is 1.93. The summed E-state index contributed by atoms with van der Waals surface area (Å²) in [4.78, 5) is 0. The van der Waals surface area contributed by atoms with E-state index in [-0.39, 0.29) is 0 Å². The van der Waals surface area contributed by atoms with E-state index < -0.39 is 0 Å². The van der Waals surface area contributed by atoms with Gasteiger partial charge in [0.15, 0.2) is 5.15 Å². The lowest BCUT2D eigenvalue weighted by Crippen LogP contribution is -1.96. The fourth-order valence-electron chi connectivity index (χ4n) is 1.56. The van der Waals surface area contributed by atoms with Crippen LogP contribution in [0.1, 0.15) is 16.7 Å².